The van der Waals surface area contributed by atoms with Crippen molar-refractivity contribution >= 4 is 27.7 Å². The van der Waals surface area contributed by atoms with Gasteiger partial charge >= 0.3 is 0 Å². The topological polar surface area (TPSA) is 6.48 Å². The Morgan fingerprint density at radius 3 is 2.12 bits per heavy atom. The summed E-state index contributed by atoms with van der Waals surface area (Å²) in [6.45, 7) is 6.16. The average Bonchev–Trinajstić information content (AvgIpc) is 2.92. The normalized spacial score (nSPS) is 24.0. The average molecular weight is 403 g/mol. The lowest BCUT2D eigenvalue weighted by Crippen LogP contribution is -2.37. The maximum atomic E-state index is 3.49. The van der Waals surface area contributed by atoms with Gasteiger partial charge in [0.2, 0.25) is 0 Å². The van der Waals surface area contributed by atoms with Gasteiger partial charge in [0.15, 0.2) is 0 Å². The summed E-state index contributed by atoms with van der Waals surface area (Å²) in [6.07, 6.45) is 2.69. The summed E-state index contributed by atoms with van der Waals surface area (Å²) in [6, 6.07) is 18.4. The van der Waals surface area contributed by atoms with Crippen molar-refractivity contribution in [3.63, 3.8) is 0 Å². The molecule has 3 saturated heterocycles. The number of rotatable bonds is 4. The van der Waals surface area contributed by atoms with Gasteiger partial charge in [0, 0.05) is 39.9 Å². The van der Waals surface area contributed by atoms with Crippen molar-refractivity contribution in [2.75, 3.05) is 26.2 Å². The van der Waals surface area contributed by atoms with E-state index in [-0.39, 0.29) is 0 Å². The smallest absolute Gasteiger partial charge is 0.0237 e. The lowest BCUT2D eigenvalue weighted by atomic mass is 10.0. The molecule has 3 aliphatic heterocycles. The van der Waals surface area contributed by atoms with Crippen LogP contribution in [0, 0.1) is 0 Å². The number of piperidine rings is 1. The maximum Gasteiger partial charge on any atom is 0.0237 e. The second-order valence-electron chi connectivity index (χ2n) is 6.74. The molecule has 0 N–H and O–H groups in total. The molecule has 0 atom stereocenters. The molecule has 5 rings (SSSR count). The standard InChI is InChI=1S/C20H23BrN2S/c21-17-3-7-20(8-4-17)24-19-5-1-16(2-6-19)15-23-14-13-22-11-9-18(23)10-12-22/h1-8,18H,9-15H2. The molecule has 0 aromatic heterocycles. The minimum atomic E-state index is 0.792. The lowest BCUT2D eigenvalue weighted by Gasteiger charge is -2.31. The SMILES string of the molecule is Brc1ccc(Sc2ccc(CN3CCN4CCC3CC4)cc2)cc1. The van der Waals surface area contributed by atoms with E-state index in [0.717, 1.165) is 17.1 Å². The Bertz CT molecular complexity index is 663. The molecule has 3 heterocycles. The lowest BCUT2D eigenvalue weighted by molar-refractivity contribution is 0.176. The fourth-order valence-corrected chi connectivity index (χ4v) is 4.79. The first-order valence-electron chi connectivity index (χ1n) is 8.75. The molecule has 24 heavy (non-hydrogen) atoms. The van der Waals surface area contributed by atoms with Gasteiger partial charge in [-0.15, -0.1) is 0 Å². The molecule has 4 heteroatoms. The maximum absolute atomic E-state index is 3.49. The van der Waals surface area contributed by atoms with Crippen LogP contribution < -0.4 is 0 Å². The molecule has 3 fully saturated rings. The van der Waals surface area contributed by atoms with Gasteiger partial charge in [0.1, 0.15) is 0 Å². The highest BCUT2D eigenvalue weighted by Crippen LogP contribution is 2.29. The van der Waals surface area contributed by atoms with Crippen molar-refractivity contribution < 1.29 is 0 Å². The van der Waals surface area contributed by atoms with Crippen molar-refractivity contribution in [2.24, 2.45) is 0 Å². The Hall–Kier alpha value is -0.810. The summed E-state index contributed by atoms with van der Waals surface area (Å²) in [4.78, 5) is 7.91. The number of hydrogen-bond acceptors (Lipinski definition) is 3. The van der Waals surface area contributed by atoms with E-state index in [0.29, 0.717) is 0 Å². The second kappa shape index (κ2) is 7.61. The zero-order chi connectivity index (χ0) is 16.4. The van der Waals surface area contributed by atoms with Gasteiger partial charge < -0.3 is 4.90 Å². The summed E-state index contributed by atoms with van der Waals surface area (Å²) < 4.78 is 1.13. The van der Waals surface area contributed by atoms with E-state index in [1.54, 1.807) is 0 Å². The zero-order valence-corrected chi connectivity index (χ0v) is 16.2. The number of halogens is 1. The van der Waals surface area contributed by atoms with Gasteiger partial charge in [-0.05, 0) is 67.9 Å². The number of hydrogen-bond donors (Lipinski definition) is 0. The molecule has 126 valence electrons. The first-order valence-corrected chi connectivity index (χ1v) is 10.4. The Balaban J connectivity index is 1.39. The predicted octanol–water partition coefficient (Wildman–Crippen LogP) is 4.88. The summed E-state index contributed by atoms with van der Waals surface area (Å²) in [5.41, 5.74) is 1.44. The van der Waals surface area contributed by atoms with Gasteiger partial charge in [-0.25, -0.2) is 0 Å². The Morgan fingerprint density at radius 1 is 0.833 bits per heavy atom. The van der Waals surface area contributed by atoms with Gasteiger partial charge in [0.25, 0.3) is 0 Å². The molecular weight excluding hydrogens is 380 g/mol. The van der Waals surface area contributed by atoms with E-state index in [1.807, 2.05) is 11.8 Å². The van der Waals surface area contributed by atoms with Gasteiger partial charge in [-0.3, -0.25) is 4.90 Å². The first-order chi connectivity index (χ1) is 11.8. The third kappa shape index (κ3) is 4.05. The van der Waals surface area contributed by atoms with Crippen LogP contribution in [0.15, 0.2) is 62.8 Å². The van der Waals surface area contributed by atoms with Crippen molar-refractivity contribution in [3.05, 3.63) is 58.6 Å². The first kappa shape index (κ1) is 16.6. The van der Waals surface area contributed by atoms with Crippen LogP contribution in [-0.2, 0) is 6.54 Å². The quantitative estimate of drug-likeness (QED) is 0.719. The van der Waals surface area contributed by atoms with E-state index in [1.165, 1.54) is 54.4 Å². The molecule has 0 unspecified atom stereocenters. The van der Waals surface area contributed by atoms with E-state index < -0.39 is 0 Å². The van der Waals surface area contributed by atoms with Crippen LogP contribution in [0.4, 0.5) is 0 Å². The third-order valence-corrected chi connectivity index (χ3v) is 6.68. The summed E-state index contributed by atoms with van der Waals surface area (Å²) in [7, 11) is 0. The number of fused-ring (bicyclic) bond motifs is 4. The van der Waals surface area contributed by atoms with Crippen LogP contribution in [0.1, 0.15) is 18.4 Å². The van der Waals surface area contributed by atoms with Crippen LogP contribution in [0.2, 0.25) is 0 Å². The molecule has 0 amide bonds. The fourth-order valence-electron chi connectivity index (χ4n) is 3.70. The summed E-state index contributed by atoms with van der Waals surface area (Å²) >= 11 is 5.31. The van der Waals surface area contributed by atoms with Gasteiger partial charge in [0.05, 0.1) is 0 Å². The van der Waals surface area contributed by atoms with E-state index in [2.05, 4.69) is 74.3 Å². The van der Waals surface area contributed by atoms with E-state index in [9.17, 15) is 0 Å². The molecule has 2 aromatic rings. The second-order valence-corrected chi connectivity index (χ2v) is 8.81. The van der Waals surface area contributed by atoms with E-state index in [4.69, 9.17) is 0 Å². The zero-order valence-electron chi connectivity index (χ0n) is 13.8. The van der Waals surface area contributed by atoms with Crippen LogP contribution in [0.5, 0.6) is 0 Å². The van der Waals surface area contributed by atoms with Crippen LogP contribution in [-0.4, -0.2) is 42.0 Å². The monoisotopic (exact) mass is 402 g/mol. The summed E-state index contributed by atoms with van der Waals surface area (Å²) in [5, 5.41) is 0. The Labute approximate surface area is 157 Å². The molecule has 0 saturated carbocycles. The molecule has 0 aliphatic carbocycles. The van der Waals surface area contributed by atoms with Crippen LogP contribution in [0.25, 0.3) is 0 Å². The fraction of sp³-hybridized carbons (Fsp3) is 0.400. The molecule has 0 radical (unpaired) electrons. The minimum absolute atomic E-state index is 0.792. The van der Waals surface area contributed by atoms with Crippen molar-refractivity contribution in [1.29, 1.82) is 0 Å². The number of nitrogens with zero attached hydrogens (tertiary/aromatic N) is 2. The number of benzene rings is 2. The molecule has 2 nitrogen and oxygen atoms in total. The largest absolute Gasteiger partial charge is 0.302 e. The molecule has 2 bridgehead atoms. The van der Waals surface area contributed by atoms with Crippen LogP contribution in [0.3, 0.4) is 0 Å². The molecular formula is C20H23BrN2S. The Kier molecular flexibility index (Phi) is 5.28. The highest BCUT2D eigenvalue weighted by molar-refractivity contribution is 9.10. The highest BCUT2D eigenvalue weighted by Gasteiger charge is 2.28. The predicted molar refractivity (Wildman–Crippen MR) is 105 cm³/mol. The van der Waals surface area contributed by atoms with Gasteiger partial charge in [-0.1, -0.05) is 39.8 Å². The minimum Gasteiger partial charge on any atom is -0.302 e. The van der Waals surface area contributed by atoms with Crippen molar-refractivity contribution in [2.45, 2.75) is 35.2 Å². The van der Waals surface area contributed by atoms with Crippen molar-refractivity contribution in [1.82, 2.24) is 9.80 Å². The third-order valence-electron chi connectivity index (χ3n) is 5.14. The highest BCUT2D eigenvalue weighted by atomic mass is 79.9. The summed E-state index contributed by atoms with van der Waals surface area (Å²) in [5.74, 6) is 0. The van der Waals surface area contributed by atoms with Crippen LogP contribution >= 0.6 is 27.7 Å². The van der Waals surface area contributed by atoms with Crippen molar-refractivity contribution in [3.8, 4) is 0 Å². The molecule has 3 aliphatic rings. The Morgan fingerprint density at radius 2 is 1.46 bits per heavy atom. The molecule has 2 aromatic carbocycles. The van der Waals surface area contributed by atoms with E-state index >= 15 is 0 Å². The molecule has 0 spiro atoms. The van der Waals surface area contributed by atoms with Gasteiger partial charge in [-0.2, -0.15) is 0 Å².